The van der Waals surface area contributed by atoms with Crippen LogP contribution in [0.15, 0.2) is 23.6 Å². The van der Waals surface area contributed by atoms with E-state index in [0.29, 0.717) is 10.9 Å². The van der Waals surface area contributed by atoms with Crippen LogP contribution in [0.3, 0.4) is 0 Å². The van der Waals surface area contributed by atoms with Gasteiger partial charge in [0.1, 0.15) is 6.61 Å². The van der Waals surface area contributed by atoms with Crippen LogP contribution in [-0.4, -0.2) is 35.2 Å². The Labute approximate surface area is 80.7 Å². The van der Waals surface area contributed by atoms with Crippen molar-refractivity contribution in [3.05, 3.63) is 18.5 Å². The number of Topliss-reactive ketones (excluding diaryl/α,β-unsaturated/α-hetero) is 1. The number of rotatable bonds is 5. The molecule has 0 aromatic carbocycles. The number of methoxy groups -OCH3 is 1. The van der Waals surface area contributed by atoms with Crippen molar-refractivity contribution in [3.8, 4) is 0 Å². The zero-order valence-electron chi connectivity index (χ0n) is 7.27. The number of ketones is 1. The SMILES string of the molecule is COCC(=O)CSc1ncccn1. The van der Waals surface area contributed by atoms with Crippen LogP contribution in [0, 0.1) is 0 Å². The first-order valence-corrected chi connectivity index (χ1v) is 4.72. The van der Waals surface area contributed by atoms with Crippen LogP contribution >= 0.6 is 11.8 Å². The van der Waals surface area contributed by atoms with Gasteiger partial charge in [0.2, 0.25) is 0 Å². The molecule has 0 aliphatic rings. The standard InChI is InChI=1S/C8H10N2O2S/c1-12-5-7(11)6-13-8-9-3-2-4-10-8/h2-4H,5-6H2,1H3. The average molecular weight is 198 g/mol. The molecule has 5 heteroatoms. The molecule has 0 amide bonds. The highest BCUT2D eigenvalue weighted by Gasteiger charge is 2.03. The van der Waals surface area contributed by atoms with Crippen LogP contribution in [0.5, 0.6) is 0 Å². The lowest BCUT2D eigenvalue weighted by Gasteiger charge is -1.97. The van der Waals surface area contributed by atoms with Crippen molar-refractivity contribution < 1.29 is 9.53 Å². The summed E-state index contributed by atoms with van der Waals surface area (Å²) in [6.07, 6.45) is 3.30. The molecule has 4 nitrogen and oxygen atoms in total. The van der Waals surface area contributed by atoms with E-state index in [2.05, 4.69) is 14.7 Å². The largest absolute Gasteiger partial charge is 0.377 e. The second kappa shape index (κ2) is 5.66. The normalized spacial score (nSPS) is 9.92. The first-order valence-electron chi connectivity index (χ1n) is 3.73. The monoisotopic (exact) mass is 198 g/mol. The molecular formula is C8H10N2O2S. The summed E-state index contributed by atoms with van der Waals surface area (Å²) in [6, 6.07) is 1.74. The minimum atomic E-state index is 0.0416. The number of aromatic nitrogens is 2. The number of hydrogen-bond acceptors (Lipinski definition) is 5. The quantitative estimate of drug-likeness (QED) is 0.517. The first-order chi connectivity index (χ1) is 6.33. The Hall–Kier alpha value is -0.940. The van der Waals surface area contributed by atoms with E-state index in [0.717, 1.165) is 0 Å². The third-order valence-corrected chi connectivity index (χ3v) is 2.14. The maximum atomic E-state index is 11.0. The van der Waals surface area contributed by atoms with Crippen LogP contribution in [0.25, 0.3) is 0 Å². The Morgan fingerprint density at radius 2 is 2.23 bits per heavy atom. The Morgan fingerprint density at radius 3 is 2.85 bits per heavy atom. The predicted molar refractivity (Wildman–Crippen MR) is 49.6 cm³/mol. The molecule has 0 atom stereocenters. The summed E-state index contributed by atoms with van der Waals surface area (Å²) in [5, 5.41) is 0.618. The van der Waals surface area contributed by atoms with Crippen molar-refractivity contribution in [2.75, 3.05) is 19.5 Å². The van der Waals surface area contributed by atoms with E-state index in [1.807, 2.05) is 0 Å². The highest BCUT2D eigenvalue weighted by molar-refractivity contribution is 7.99. The van der Waals surface area contributed by atoms with Crippen molar-refractivity contribution in [1.82, 2.24) is 9.97 Å². The second-order valence-corrected chi connectivity index (χ2v) is 3.23. The Balaban J connectivity index is 2.31. The molecule has 0 aliphatic carbocycles. The van der Waals surface area contributed by atoms with E-state index in [1.165, 1.54) is 18.9 Å². The summed E-state index contributed by atoms with van der Waals surface area (Å²) in [7, 11) is 1.50. The fraction of sp³-hybridized carbons (Fsp3) is 0.375. The van der Waals surface area contributed by atoms with Crippen LogP contribution < -0.4 is 0 Å². The Morgan fingerprint density at radius 1 is 1.54 bits per heavy atom. The number of nitrogens with zero attached hydrogens (tertiary/aromatic N) is 2. The molecular weight excluding hydrogens is 188 g/mol. The van der Waals surface area contributed by atoms with Gasteiger partial charge in [-0.1, -0.05) is 11.8 Å². The maximum Gasteiger partial charge on any atom is 0.187 e. The average Bonchev–Trinajstić information content (AvgIpc) is 2.17. The molecule has 0 saturated carbocycles. The van der Waals surface area contributed by atoms with E-state index in [1.54, 1.807) is 18.5 Å². The van der Waals surface area contributed by atoms with Gasteiger partial charge < -0.3 is 4.74 Å². The van der Waals surface area contributed by atoms with Crippen molar-refractivity contribution in [3.63, 3.8) is 0 Å². The van der Waals surface area contributed by atoms with E-state index >= 15 is 0 Å². The van der Waals surface area contributed by atoms with Crippen molar-refractivity contribution in [1.29, 1.82) is 0 Å². The lowest BCUT2D eigenvalue weighted by molar-refractivity contribution is -0.120. The summed E-state index contributed by atoms with van der Waals surface area (Å²) < 4.78 is 4.69. The van der Waals surface area contributed by atoms with Crippen LogP contribution in [0.4, 0.5) is 0 Å². The van der Waals surface area contributed by atoms with Crippen molar-refractivity contribution in [2.45, 2.75) is 5.16 Å². The molecule has 0 unspecified atom stereocenters. The summed E-state index contributed by atoms with van der Waals surface area (Å²) in [4.78, 5) is 19.0. The third kappa shape index (κ3) is 4.00. The molecule has 1 heterocycles. The molecule has 0 spiro atoms. The number of ether oxygens (including phenoxy) is 1. The smallest absolute Gasteiger partial charge is 0.187 e. The van der Waals surface area contributed by atoms with Gasteiger partial charge in [-0.3, -0.25) is 4.79 Å². The molecule has 1 aromatic rings. The number of thioether (sulfide) groups is 1. The van der Waals surface area contributed by atoms with Crippen LogP contribution in [0.2, 0.25) is 0 Å². The van der Waals surface area contributed by atoms with E-state index < -0.39 is 0 Å². The highest BCUT2D eigenvalue weighted by atomic mass is 32.2. The zero-order chi connectivity index (χ0) is 9.52. The minimum Gasteiger partial charge on any atom is -0.377 e. The molecule has 0 fully saturated rings. The second-order valence-electron chi connectivity index (χ2n) is 2.29. The summed E-state index contributed by atoms with van der Waals surface area (Å²) in [6.45, 7) is 0.153. The lowest BCUT2D eigenvalue weighted by Crippen LogP contribution is -2.09. The molecule has 0 radical (unpaired) electrons. The summed E-state index contributed by atoms with van der Waals surface area (Å²) >= 11 is 1.32. The van der Waals surface area contributed by atoms with Gasteiger partial charge in [0.15, 0.2) is 10.9 Å². The van der Waals surface area contributed by atoms with Gasteiger partial charge in [-0.05, 0) is 6.07 Å². The first kappa shape index (κ1) is 10.1. The third-order valence-electron chi connectivity index (χ3n) is 1.21. The predicted octanol–water partition coefficient (Wildman–Crippen LogP) is 0.784. The minimum absolute atomic E-state index is 0.0416. The molecule has 13 heavy (non-hydrogen) atoms. The lowest BCUT2D eigenvalue weighted by atomic mass is 10.5. The molecule has 0 bridgehead atoms. The van der Waals surface area contributed by atoms with E-state index in [4.69, 9.17) is 0 Å². The van der Waals surface area contributed by atoms with Gasteiger partial charge in [0.25, 0.3) is 0 Å². The molecule has 0 aliphatic heterocycles. The van der Waals surface area contributed by atoms with Gasteiger partial charge in [0, 0.05) is 19.5 Å². The topological polar surface area (TPSA) is 52.1 Å². The van der Waals surface area contributed by atoms with Gasteiger partial charge in [0.05, 0.1) is 5.75 Å². The van der Waals surface area contributed by atoms with Crippen LogP contribution in [0.1, 0.15) is 0 Å². The molecule has 1 rings (SSSR count). The van der Waals surface area contributed by atoms with E-state index in [9.17, 15) is 4.79 Å². The molecule has 70 valence electrons. The number of carbonyl (C=O) groups excluding carboxylic acids is 1. The fourth-order valence-corrected chi connectivity index (χ4v) is 1.35. The summed E-state index contributed by atoms with van der Waals surface area (Å²) in [5.41, 5.74) is 0. The van der Waals surface area contributed by atoms with Gasteiger partial charge in [-0.25, -0.2) is 9.97 Å². The fourth-order valence-electron chi connectivity index (χ4n) is 0.708. The number of carbonyl (C=O) groups is 1. The molecule has 0 saturated heterocycles. The Bertz CT molecular complexity index is 266. The van der Waals surface area contributed by atoms with Gasteiger partial charge >= 0.3 is 0 Å². The summed E-state index contributed by atoms with van der Waals surface area (Å²) in [5.74, 6) is 0.401. The highest BCUT2D eigenvalue weighted by Crippen LogP contribution is 2.10. The molecule has 0 N–H and O–H groups in total. The number of hydrogen-bond donors (Lipinski definition) is 0. The molecule has 1 aromatic heterocycles. The van der Waals surface area contributed by atoms with Crippen molar-refractivity contribution in [2.24, 2.45) is 0 Å². The van der Waals surface area contributed by atoms with Crippen molar-refractivity contribution >= 4 is 17.5 Å². The van der Waals surface area contributed by atoms with E-state index in [-0.39, 0.29) is 12.4 Å². The van der Waals surface area contributed by atoms with Gasteiger partial charge in [-0.15, -0.1) is 0 Å². The Kier molecular flexibility index (Phi) is 4.42. The maximum absolute atomic E-state index is 11.0. The van der Waals surface area contributed by atoms with Crippen LogP contribution in [-0.2, 0) is 9.53 Å². The zero-order valence-corrected chi connectivity index (χ0v) is 8.08. The van der Waals surface area contributed by atoms with Gasteiger partial charge in [-0.2, -0.15) is 0 Å².